The van der Waals surface area contributed by atoms with Gasteiger partial charge in [-0.25, -0.2) is 4.39 Å². The van der Waals surface area contributed by atoms with Gasteiger partial charge >= 0.3 is 0 Å². The van der Waals surface area contributed by atoms with Gasteiger partial charge in [-0.3, -0.25) is 4.79 Å². The van der Waals surface area contributed by atoms with Gasteiger partial charge in [0.1, 0.15) is 5.82 Å². The van der Waals surface area contributed by atoms with Crippen LogP contribution in [0.3, 0.4) is 0 Å². The van der Waals surface area contributed by atoms with Crippen molar-refractivity contribution in [1.29, 1.82) is 0 Å². The molecule has 1 N–H and O–H groups in total. The molecule has 0 atom stereocenters. The van der Waals surface area contributed by atoms with Crippen LogP contribution in [0, 0.1) is 9.39 Å². The summed E-state index contributed by atoms with van der Waals surface area (Å²) in [6.45, 7) is 1.89. The lowest BCUT2D eigenvalue weighted by atomic mass is 10.0. The summed E-state index contributed by atoms with van der Waals surface area (Å²) in [6, 6.07) is 4.58. The van der Waals surface area contributed by atoms with Gasteiger partial charge in [0.15, 0.2) is 0 Å². The lowest BCUT2D eigenvalue weighted by Crippen LogP contribution is -2.44. The number of carbonyl (C=O) groups is 1. The fourth-order valence-corrected chi connectivity index (χ4v) is 2.92. The van der Waals surface area contributed by atoms with Crippen LogP contribution >= 0.6 is 22.6 Å². The van der Waals surface area contributed by atoms with E-state index in [4.69, 9.17) is 0 Å². The van der Waals surface area contributed by atoms with E-state index in [0.29, 0.717) is 9.13 Å². The molecule has 1 heterocycles. The zero-order valence-electron chi connectivity index (χ0n) is 10.2. The maximum absolute atomic E-state index is 13.0. The van der Waals surface area contributed by atoms with E-state index in [0.717, 1.165) is 25.9 Å². The average molecular weight is 362 g/mol. The summed E-state index contributed by atoms with van der Waals surface area (Å²) in [5, 5.41) is 3.28. The second-order valence-electron chi connectivity index (χ2n) is 4.52. The Labute approximate surface area is 120 Å². The van der Waals surface area contributed by atoms with Crippen LogP contribution in [0.5, 0.6) is 0 Å². The molecule has 3 nitrogen and oxygen atoms in total. The first-order chi connectivity index (χ1) is 8.59. The molecule has 0 aromatic heterocycles. The molecular weight excluding hydrogens is 346 g/mol. The molecule has 0 bridgehead atoms. The predicted molar refractivity (Wildman–Crippen MR) is 77.1 cm³/mol. The molecule has 5 heteroatoms. The Morgan fingerprint density at radius 1 is 1.44 bits per heavy atom. The molecule has 0 aliphatic carbocycles. The maximum atomic E-state index is 13.0. The molecule has 1 amide bonds. The van der Waals surface area contributed by atoms with Gasteiger partial charge in [0, 0.05) is 16.7 Å². The molecule has 0 unspecified atom stereocenters. The van der Waals surface area contributed by atoms with Gasteiger partial charge in [-0.05, 0) is 66.7 Å². The van der Waals surface area contributed by atoms with E-state index in [1.165, 1.54) is 12.1 Å². The number of nitrogens with zero attached hydrogens (tertiary/aromatic N) is 1. The Balaban J connectivity index is 2.14. The van der Waals surface area contributed by atoms with E-state index < -0.39 is 0 Å². The lowest BCUT2D eigenvalue weighted by Gasteiger charge is -2.31. The van der Waals surface area contributed by atoms with Gasteiger partial charge in [0.2, 0.25) is 0 Å². The van der Waals surface area contributed by atoms with Crippen molar-refractivity contribution in [3.8, 4) is 0 Å². The average Bonchev–Trinajstić information content (AvgIpc) is 2.38. The first-order valence-electron chi connectivity index (χ1n) is 6.02. The van der Waals surface area contributed by atoms with E-state index in [1.54, 1.807) is 11.0 Å². The van der Waals surface area contributed by atoms with Crippen molar-refractivity contribution in [2.45, 2.75) is 18.9 Å². The number of amides is 1. The smallest absolute Gasteiger partial charge is 0.254 e. The summed E-state index contributed by atoms with van der Waals surface area (Å²) >= 11 is 2.01. The Morgan fingerprint density at radius 3 is 2.72 bits per heavy atom. The molecule has 2 rings (SSSR count). The molecule has 1 saturated heterocycles. The number of hydrogen-bond donors (Lipinski definition) is 1. The number of rotatable bonds is 2. The van der Waals surface area contributed by atoms with Crippen molar-refractivity contribution in [3.63, 3.8) is 0 Å². The molecule has 1 aromatic rings. The van der Waals surface area contributed by atoms with Crippen LogP contribution in [0.1, 0.15) is 23.2 Å². The van der Waals surface area contributed by atoms with E-state index in [9.17, 15) is 9.18 Å². The molecule has 0 saturated carbocycles. The summed E-state index contributed by atoms with van der Waals surface area (Å²) in [5.74, 6) is -0.327. The van der Waals surface area contributed by atoms with Crippen molar-refractivity contribution in [2.75, 3.05) is 20.1 Å². The van der Waals surface area contributed by atoms with Gasteiger partial charge in [-0.2, -0.15) is 0 Å². The summed E-state index contributed by atoms with van der Waals surface area (Å²) in [5.41, 5.74) is 0.582. The van der Waals surface area contributed by atoms with Gasteiger partial charge in [-0.1, -0.05) is 0 Å². The topological polar surface area (TPSA) is 32.3 Å². The zero-order valence-corrected chi connectivity index (χ0v) is 12.4. The van der Waals surface area contributed by atoms with Crippen LogP contribution in [0.25, 0.3) is 0 Å². The standard InChI is InChI=1S/C13H16FIN2O/c1-17(10-4-6-16-7-5-10)13(18)11-3-2-9(14)8-12(11)15/h2-3,8,10,16H,4-7H2,1H3. The quantitative estimate of drug-likeness (QED) is 0.819. The Morgan fingerprint density at radius 2 is 2.11 bits per heavy atom. The van der Waals surface area contributed by atoms with Gasteiger partial charge in [0.25, 0.3) is 5.91 Å². The number of halogens is 2. The number of nitrogens with one attached hydrogen (secondary N) is 1. The Kier molecular flexibility index (Phi) is 4.55. The van der Waals surface area contributed by atoms with Gasteiger partial charge in [0.05, 0.1) is 5.56 Å². The summed E-state index contributed by atoms with van der Waals surface area (Å²) in [7, 11) is 1.83. The molecular formula is C13H16FIN2O. The van der Waals surface area contributed by atoms with E-state index in [1.807, 2.05) is 29.6 Å². The first-order valence-corrected chi connectivity index (χ1v) is 7.10. The number of piperidine rings is 1. The summed E-state index contributed by atoms with van der Waals surface area (Å²) in [6.07, 6.45) is 1.94. The van der Waals surface area contributed by atoms with Crippen molar-refractivity contribution in [3.05, 3.63) is 33.1 Å². The third kappa shape index (κ3) is 3.00. The molecule has 18 heavy (non-hydrogen) atoms. The van der Waals surface area contributed by atoms with E-state index >= 15 is 0 Å². The van der Waals surface area contributed by atoms with Gasteiger partial charge < -0.3 is 10.2 Å². The fraction of sp³-hybridized carbons (Fsp3) is 0.462. The minimum Gasteiger partial charge on any atom is -0.339 e. The molecule has 1 fully saturated rings. The van der Waals surface area contributed by atoms with Crippen molar-refractivity contribution >= 4 is 28.5 Å². The summed E-state index contributed by atoms with van der Waals surface area (Å²) in [4.78, 5) is 14.1. The monoisotopic (exact) mass is 362 g/mol. The Bertz CT molecular complexity index is 447. The number of hydrogen-bond acceptors (Lipinski definition) is 2. The molecule has 1 aliphatic rings. The molecule has 0 spiro atoms. The lowest BCUT2D eigenvalue weighted by molar-refractivity contribution is 0.0702. The maximum Gasteiger partial charge on any atom is 0.254 e. The molecule has 0 radical (unpaired) electrons. The highest BCUT2D eigenvalue weighted by molar-refractivity contribution is 14.1. The Hall–Kier alpha value is -0.690. The van der Waals surface area contributed by atoms with Crippen LogP contribution in [0.4, 0.5) is 4.39 Å². The largest absolute Gasteiger partial charge is 0.339 e. The van der Waals surface area contributed by atoms with Crippen molar-refractivity contribution < 1.29 is 9.18 Å². The van der Waals surface area contributed by atoms with Gasteiger partial charge in [-0.15, -0.1) is 0 Å². The van der Waals surface area contributed by atoms with Crippen LogP contribution in [-0.2, 0) is 0 Å². The highest BCUT2D eigenvalue weighted by Gasteiger charge is 2.24. The minimum atomic E-state index is -0.305. The molecule has 1 aromatic carbocycles. The molecule has 1 aliphatic heterocycles. The number of carbonyl (C=O) groups excluding carboxylic acids is 1. The van der Waals surface area contributed by atoms with Crippen molar-refractivity contribution in [1.82, 2.24) is 10.2 Å². The van der Waals surface area contributed by atoms with Crippen LogP contribution < -0.4 is 5.32 Å². The number of benzene rings is 1. The predicted octanol–water partition coefficient (Wildman–Crippen LogP) is 2.25. The molecule has 98 valence electrons. The van der Waals surface area contributed by atoms with Crippen molar-refractivity contribution in [2.24, 2.45) is 0 Å². The second kappa shape index (κ2) is 5.97. The normalized spacial score (nSPS) is 16.6. The van der Waals surface area contributed by atoms with Crippen LogP contribution in [0.2, 0.25) is 0 Å². The third-order valence-corrected chi connectivity index (χ3v) is 4.23. The summed E-state index contributed by atoms with van der Waals surface area (Å²) < 4.78 is 13.7. The second-order valence-corrected chi connectivity index (χ2v) is 5.68. The zero-order chi connectivity index (χ0) is 13.1. The van der Waals surface area contributed by atoms with E-state index in [-0.39, 0.29) is 17.8 Å². The van der Waals surface area contributed by atoms with Crippen LogP contribution in [-0.4, -0.2) is 37.0 Å². The van der Waals surface area contributed by atoms with E-state index in [2.05, 4.69) is 5.32 Å². The highest BCUT2D eigenvalue weighted by Crippen LogP contribution is 2.19. The third-order valence-electron chi connectivity index (χ3n) is 3.34. The SMILES string of the molecule is CN(C(=O)c1ccc(F)cc1I)C1CCNCC1. The minimum absolute atomic E-state index is 0.0219. The highest BCUT2D eigenvalue weighted by atomic mass is 127. The first kappa shape index (κ1) is 13.7. The van der Waals surface area contributed by atoms with Crippen LogP contribution in [0.15, 0.2) is 18.2 Å². The fourth-order valence-electron chi connectivity index (χ4n) is 2.21.